The Hall–Kier alpha value is -4.23. The normalized spacial score (nSPS) is 16.5. The molecule has 0 radical (unpaired) electrons. The molecule has 0 amide bonds. The number of rotatable bonds is 5. The van der Waals surface area contributed by atoms with Crippen LogP contribution in [-0.4, -0.2) is 33.2 Å². The maximum atomic E-state index is 12.9. The van der Waals surface area contributed by atoms with Crippen LogP contribution < -0.4 is 18.9 Å². The summed E-state index contributed by atoms with van der Waals surface area (Å²) in [5, 5.41) is 0.577. The van der Waals surface area contributed by atoms with Crippen molar-refractivity contribution in [3.05, 3.63) is 94.1 Å². The summed E-state index contributed by atoms with van der Waals surface area (Å²) in [6.45, 7) is 0. The predicted octanol–water partition coefficient (Wildman–Crippen LogP) is 5.51. The lowest BCUT2D eigenvalue weighted by molar-refractivity contribution is -0.129. The molecule has 176 valence electrons. The Morgan fingerprint density at radius 3 is 2.17 bits per heavy atom. The highest BCUT2D eigenvalue weighted by atomic mass is 35.5. The Morgan fingerprint density at radius 1 is 0.829 bits per heavy atom. The third-order valence-electron chi connectivity index (χ3n) is 5.56. The smallest absolute Gasteiger partial charge is 0.364 e. The monoisotopic (exact) mass is 489 g/mol. The van der Waals surface area contributed by atoms with E-state index in [1.165, 1.54) is 7.11 Å². The Kier molecular flexibility index (Phi) is 5.93. The molecule has 8 heteroatoms. The molecule has 2 heterocycles. The van der Waals surface area contributed by atoms with Gasteiger partial charge in [0.25, 0.3) is 0 Å². The highest BCUT2D eigenvalue weighted by Gasteiger charge is 2.31. The van der Waals surface area contributed by atoms with Crippen molar-refractivity contribution in [2.75, 3.05) is 21.3 Å². The maximum absolute atomic E-state index is 12.9. The molecule has 3 aromatic carbocycles. The highest BCUT2D eigenvalue weighted by molar-refractivity contribution is 6.30. The number of benzene rings is 3. The van der Waals surface area contributed by atoms with Gasteiger partial charge in [0.2, 0.25) is 11.6 Å². The van der Waals surface area contributed by atoms with Gasteiger partial charge >= 0.3 is 5.97 Å². The van der Waals surface area contributed by atoms with Crippen LogP contribution in [0.25, 0.3) is 11.3 Å². The van der Waals surface area contributed by atoms with E-state index in [2.05, 4.69) is 4.99 Å². The Labute approximate surface area is 206 Å². The molecule has 0 spiro atoms. The number of nitrogens with zero attached hydrogens (tertiary/aromatic N) is 1. The topological polar surface area (TPSA) is 75.6 Å². The molecule has 0 bridgehead atoms. The van der Waals surface area contributed by atoms with Crippen LogP contribution >= 0.6 is 11.6 Å². The van der Waals surface area contributed by atoms with Gasteiger partial charge in [0.1, 0.15) is 11.5 Å². The van der Waals surface area contributed by atoms with E-state index in [1.807, 2.05) is 24.3 Å². The molecule has 7 nitrogen and oxygen atoms in total. The molecule has 2 aliphatic heterocycles. The van der Waals surface area contributed by atoms with Crippen LogP contribution in [0.3, 0.4) is 0 Å². The van der Waals surface area contributed by atoms with Gasteiger partial charge in [-0.2, -0.15) is 0 Å². The predicted molar refractivity (Wildman–Crippen MR) is 132 cm³/mol. The van der Waals surface area contributed by atoms with Crippen molar-refractivity contribution in [1.29, 1.82) is 0 Å². The average Bonchev–Trinajstić information content (AvgIpc) is 3.28. The van der Waals surface area contributed by atoms with E-state index in [1.54, 1.807) is 56.7 Å². The van der Waals surface area contributed by atoms with E-state index in [9.17, 15) is 4.79 Å². The van der Waals surface area contributed by atoms with Gasteiger partial charge in [0, 0.05) is 27.3 Å². The first kappa shape index (κ1) is 22.6. The molecular formula is C27H20ClNO6. The number of esters is 1. The molecule has 0 fully saturated rings. The number of allylic oxidation sites excluding steroid dienone is 2. The van der Waals surface area contributed by atoms with E-state index in [0.717, 1.165) is 5.56 Å². The fraction of sp³-hybridized carbons (Fsp3) is 0.111. The van der Waals surface area contributed by atoms with Crippen molar-refractivity contribution in [2.24, 2.45) is 4.99 Å². The van der Waals surface area contributed by atoms with Crippen LogP contribution in [0.2, 0.25) is 5.02 Å². The zero-order valence-electron chi connectivity index (χ0n) is 19.1. The van der Waals surface area contributed by atoms with Gasteiger partial charge in [-0.25, -0.2) is 9.79 Å². The van der Waals surface area contributed by atoms with Gasteiger partial charge in [0.15, 0.2) is 17.2 Å². The fourth-order valence-corrected chi connectivity index (χ4v) is 4.01. The number of ether oxygens (including phenoxy) is 5. The molecule has 0 unspecified atom stereocenters. The van der Waals surface area contributed by atoms with Crippen molar-refractivity contribution in [3.8, 4) is 23.0 Å². The number of halogens is 1. The molecule has 0 atom stereocenters. The van der Waals surface area contributed by atoms with Crippen molar-refractivity contribution in [3.63, 3.8) is 0 Å². The standard InChI is InChI=1S/C27H20ClNO6/c1-31-22-12-16(13-23(32-2)25(22)33-3)21-14-19(18-6-4-5-7-20(18)34-21)24-27(30)35-26(29-24)15-8-10-17(28)11-9-15/h4-14H,1-3H3. The van der Waals surface area contributed by atoms with Crippen molar-refractivity contribution in [1.82, 2.24) is 0 Å². The summed E-state index contributed by atoms with van der Waals surface area (Å²) in [7, 11) is 4.63. The summed E-state index contributed by atoms with van der Waals surface area (Å²) in [6, 6.07) is 17.9. The number of carbonyl (C=O) groups excluding carboxylic acids is 1. The first-order valence-corrected chi connectivity index (χ1v) is 11.0. The largest absolute Gasteiger partial charge is 0.493 e. The third kappa shape index (κ3) is 4.11. The van der Waals surface area contributed by atoms with Crippen molar-refractivity contribution in [2.45, 2.75) is 0 Å². The number of carbonyl (C=O) groups is 1. The Balaban J connectivity index is 1.67. The van der Waals surface area contributed by atoms with Crippen LogP contribution in [-0.2, 0) is 9.53 Å². The van der Waals surface area contributed by atoms with E-state index < -0.39 is 5.97 Å². The summed E-state index contributed by atoms with van der Waals surface area (Å²) >= 11 is 5.99. The van der Waals surface area contributed by atoms with E-state index >= 15 is 0 Å². The first-order valence-electron chi connectivity index (χ1n) is 10.6. The van der Waals surface area contributed by atoms with Crippen molar-refractivity contribution >= 4 is 34.8 Å². The molecule has 5 rings (SSSR count). The number of hydrogen-bond acceptors (Lipinski definition) is 7. The van der Waals surface area contributed by atoms with Gasteiger partial charge in [-0.05, 0) is 48.5 Å². The number of methoxy groups -OCH3 is 3. The van der Waals surface area contributed by atoms with Crippen molar-refractivity contribution < 1.29 is 28.5 Å². The molecule has 3 aromatic rings. The Morgan fingerprint density at radius 2 is 1.51 bits per heavy atom. The number of cyclic esters (lactones) is 1. The quantitative estimate of drug-likeness (QED) is 0.347. The third-order valence-corrected chi connectivity index (χ3v) is 5.82. The number of fused-ring (bicyclic) bond motifs is 1. The molecule has 0 N–H and O–H groups in total. The SMILES string of the molecule is COc1cc(C2=CC(=C3N=C(c4ccc(Cl)cc4)OC3=O)c3ccccc3O2)cc(OC)c1OC. The summed E-state index contributed by atoms with van der Waals surface area (Å²) in [6.07, 6.45) is 1.76. The van der Waals surface area contributed by atoms with E-state index in [4.69, 9.17) is 35.3 Å². The van der Waals surface area contributed by atoms with Crippen LogP contribution in [0.1, 0.15) is 16.7 Å². The van der Waals surface area contributed by atoms with Crippen LogP contribution in [0.15, 0.2) is 77.4 Å². The second-order valence-corrected chi connectivity index (χ2v) is 8.03. The van der Waals surface area contributed by atoms with Gasteiger partial charge in [0.05, 0.1) is 21.3 Å². The lowest BCUT2D eigenvalue weighted by atomic mass is 9.97. The van der Waals surface area contributed by atoms with Gasteiger partial charge in [-0.1, -0.05) is 29.8 Å². The molecule has 0 saturated carbocycles. The van der Waals surface area contributed by atoms with Crippen LogP contribution in [0.4, 0.5) is 0 Å². The van der Waals surface area contributed by atoms with Crippen LogP contribution in [0, 0.1) is 0 Å². The molecule has 2 aliphatic rings. The second-order valence-electron chi connectivity index (χ2n) is 7.60. The molecule has 0 aliphatic carbocycles. The highest BCUT2D eigenvalue weighted by Crippen LogP contribution is 2.44. The number of aliphatic imine (C=N–C) groups is 1. The second kappa shape index (κ2) is 9.19. The fourth-order valence-electron chi connectivity index (χ4n) is 3.89. The zero-order valence-corrected chi connectivity index (χ0v) is 19.9. The number of para-hydroxylation sites is 1. The summed E-state index contributed by atoms with van der Waals surface area (Å²) < 4.78 is 28.1. The lowest BCUT2D eigenvalue weighted by Gasteiger charge is -2.22. The minimum atomic E-state index is -0.554. The summed E-state index contributed by atoms with van der Waals surface area (Å²) in [5.74, 6) is 2.12. The minimum absolute atomic E-state index is 0.177. The van der Waals surface area contributed by atoms with Crippen LogP contribution in [0.5, 0.6) is 23.0 Å². The zero-order chi connectivity index (χ0) is 24.5. The Bertz CT molecular complexity index is 1400. The number of hydrogen-bond donors (Lipinski definition) is 0. The van der Waals surface area contributed by atoms with Gasteiger partial charge < -0.3 is 23.7 Å². The lowest BCUT2D eigenvalue weighted by Crippen LogP contribution is -2.09. The van der Waals surface area contributed by atoms with E-state index in [-0.39, 0.29) is 11.6 Å². The molecular weight excluding hydrogens is 470 g/mol. The minimum Gasteiger partial charge on any atom is -0.493 e. The average molecular weight is 490 g/mol. The maximum Gasteiger partial charge on any atom is 0.364 e. The summed E-state index contributed by atoms with van der Waals surface area (Å²) in [5.41, 5.74) is 2.78. The van der Waals surface area contributed by atoms with E-state index in [0.29, 0.717) is 50.5 Å². The first-order chi connectivity index (χ1) is 17.0. The molecule has 0 aromatic heterocycles. The van der Waals surface area contributed by atoms with Gasteiger partial charge in [-0.15, -0.1) is 0 Å². The molecule has 35 heavy (non-hydrogen) atoms. The van der Waals surface area contributed by atoms with Gasteiger partial charge in [-0.3, -0.25) is 0 Å². The summed E-state index contributed by atoms with van der Waals surface area (Å²) in [4.78, 5) is 17.4. The molecule has 0 saturated heterocycles.